The molecule has 0 bridgehead atoms. The smallest absolute Gasteiger partial charge is 0.113 e. The Morgan fingerprint density at radius 2 is 1.83 bits per heavy atom. The van der Waals surface area contributed by atoms with E-state index < -0.39 is 0 Å². The maximum absolute atomic E-state index is 4.47. The van der Waals surface area contributed by atoms with Gasteiger partial charge in [-0.3, -0.25) is 10.1 Å². The molecule has 0 unspecified atom stereocenters. The van der Waals surface area contributed by atoms with Crippen LogP contribution in [-0.2, 0) is 0 Å². The molecule has 0 aliphatic heterocycles. The summed E-state index contributed by atoms with van der Waals surface area (Å²) in [7, 11) is 0. The fraction of sp³-hybridized carbons (Fsp3) is 0. The van der Waals surface area contributed by atoms with Crippen molar-refractivity contribution < 1.29 is 0 Å². The second-order valence-corrected chi connectivity index (χ2v) is 6.69. The van der Waals surface area contributed by atoms with Crippen molar-refractivity contribution in [1.82, 2.24) is 40.0 Å². The lowest BCUT2D eigenvalue weighted by Crippen LogP contribution is -2.00. The van der Waals surface area contributed by atoms with Gasteiger partial charge in [-0.05, 0) is 48.5 Å². The number of hydrogen-bond acceptors (Lipinski definition) is 5. The molecule has 0 saturated carbocycles. The van der Waals surface area contributed by atoms with Gasteiger partial charge >= 0.3 is 0 Å². The number of aromatic amines is 1. The van der Waals surface area contributed by atoms with Crippen molar-refractivity contribution in [2.45, 2.75) is 0 Å². The molecule has 29 heavy (non-hydrogen) atoms. The van der Waals surface area contributed by atoms with Gasteiger partial charge in [-0.1, -0.05) is 11.3 Å². The second kappa shape index (κ2) is 6.10. The highest BCUT2D eigenvalue weighted by Gasteiger charge is 2.12. The summed E-state index contributed by atoms with van der Waals surface area (Å²) in [6, 6.07) is 18.0. The molecule has 6 rings (SSSR count). The lowest BCUT2D eigenvalue weighted by molar-refractivity contribution is 0.824. The lowest BCUT2D eigenvalue weighted by atomic mass is 10.1. The van der Waals surface area contributed by atoms with E-state index in [1.165, 1.54) is 0 Å². The Morgan fingerprint density at radius 3 is 2.76 bits per heavy atom. The van der Waals surface area contributed by atoms with Crippen LogP contribution < -0.4 is 0 Å². The number of rotatable bonds is 3. The molecule has 0 spiro atoms. The number of benzene rings is 2. The van der Waals surface area contributed by atoms with Crippen molar-refractivity contribution in [1.29, 1.82) is 0 Å². The molecule has 2 aromatic carbocycles. The predicted octanol–water partition coefficient (Wildman–Crippen LogP) is 3.54. The lowest BCUT2D eigenvalue weighted by Gasteiger charge is -2.08. The van der Waals surface area contributed by atoms with Gasteiger partial charge in [0.2, 0.25) is 0 Å². The maximum Gasteiger partial charge on any atom is 0.113 e. The molecule has 6 aromatic rings. The van der Waals surface area contributed by atoms with Gasteiger partial charge in [0, 0.05) is 17.1 Å². The Kier molecular flexibility index (Phi) is 3.30. The van der Waals surface area contributed by atoms with Crippen LogP contribution in [0.15, 0.2) is 79.4 Å². The van der Waals surface area contributed by atoms with Crippen molar-refractivity contribution in [3.63, 3.8) is 0 Å². The molecule has 4 heterocycles. The third-order valence-corrected chi connectivity index (χ3v) is 4.94. The summed E-state index contributed by atoms with van der Waals surface area (Å²) in [5.74, 6) is 0. The van der Waals surface area contributed by atoms with Crippen molar-refractivity contribution in [3.05, 3.63) is 79.4 Å². The van der Waals surface area contributed by atoms with Gasteiger partial charge < -0.3 is 0 Å². The van der Waals surface area contributed by atoms with Crippen LogP contribution in [0.25, 0.3) is 44.6 Å². The molecular formula is C21H14N8. The van der Waals surface area contributed by atoms with E-state index in [-0.39, 0.29) is 0 Å². The Morgan fingerprint density at radius 1 is 0.828 bits per heavy atom. The Bertz CT molecular complexity index is 1460. The monoisotopic (exact) mass is 378 g/mol. The molecule has 0 atom stereocenters. The van der Waals surface area contributed by atoms with Gasteiger partial charge in [-0.15, -0.1) is 5.10 Å². The molecule has 4 aromatic heterocycles. The van der Waals surface area contributed by atoms with Gasteiger partial charge in [0.05, 0.1) is 46.7 Å². The minimum absolute atomic E-state index is 0.825. The van der Waals surface area contributed by atoms with Crippen LogP contribution in [0.1, 0.15) is 0 Å². The number of fused-ring (bicyclic) bond motifs is 2. The van der Waals surface area contributed by atoms with Gasteiger partial charge in [0.15, 0.2) is 0 Å². The van der Waals surface area contributed by atoms with E-state index in [2.05, 4.69) is 36.7 Å². The van der Waals surface area contributed by atoms with Crippen molar-refractivity contribution in [2.24, 2.45) is 0 Å². The zero-order valence-corrected chi connectivity index (χ0v) is 15.1. The summed E-state index contributed by atoms with van der Waals surface area (Å²) in [6.45, 7) is 0. The molecule has 8 nitrogen and oxygen atoms in total. The first-order valence-corrected chi connectivity index (χ1v) is 9.11. The highest BCUT2D eigenvalue weighted by molar-refractivity contribution is 5.84. The van der Waals surface area contributed by atoms with Crippen molar-refractivity contribution >= 4 is 21.9 Å². The zero-order chi connectivity index (χ0) is 19.2. The van der Waals surface area contributed by atoms with Crippen LogP contribution in [0.5, 0.6) is 0 Å². The molecule has 0 aliphatic rings. The topological polar surface area (TPSA) is 90.1 Å². The van der Waals surface area contributed by atoms with E-state index in [0.717, 1.165) is 44.6 Å². The molecule has 0 amide bonds. The van der Waals surface area contributed by atoms with Gasteiger partial charge in [0.1, 0.15) is 5.52 Å². The normalized spacial score (nSPS) is 11.4. The summed E-state index contributed by atoms with van der Waals surface area (Å²) in [5.41, 5.74) is 6.51. The summed E-state index contributed by atoms with van der Waals surface area (Å²) < 4.78 is 3.71. The Hall–Kier alpha value is -4.33. The molecule has 0 saturated heterocycles. The average Bonchev–Trinajstić information content (AvgIpc) is 3.52. The third-order valence-electron chi connectivity index (χ3n) is 4.94. The Balaban J connectivity index is 1.51. The standard InChI is InChI=1S/C21H14N8/c1-2-17(13-22-8-1)28-20(7-9-24-28)14-4-6-18-21(10-14)29(27-26-18)16-5-3-15-12-23-25-19(15)11-16/h1-13H,(H,23,25). The van der Waals surface area contributed by atoms with E-state index in [9.17, 15) is 0 Å². The van der Waals surface area contributed by atoms with E-state index in [4.69, 9.17) is 0 Å². The molecule has 1 N–H and O–H groups in total. The second-order valence-electron chi connectivity index (χ2n) is 6.69. The summed E-state index contributed by atoms with van der Waals surface area (Å²) >= 11 is 0. The third kappa shape index (κ3) is 2.50. The van der Waals surface area contributed by atoms with Crippen LogP contribution in [-0.4, -0.2) is 40.0 Å². The van der Waals surface area contributed by atoms with Gasteiger partial charge in [-0.2, -0.15) is 10.2 Å². The number of nitrogens with zero attached hydrogens (tertiary/aromatic N) is 7. The number of nitrogens with one attached hydrogen (secondary N) is 1. The van der Waals surface area contributed by atoms with Crippen molar-refractivity contribution in [2.75, 3.05) is 0 Å². The van der Waals surface area contributed by atoms with Gasteiger partial charge in [-0.25, -0.2) is 9.36 Å². The number of aromatic nitrogens is 8. The van der Waals surface area contributed by atoms with Crippen LogP contribution in [0.3, 0.4) is 0 Å². The van der Waals surface area contributed by atoms with E-state index in [1.807, 2.05) is 57.9 Å². The van der Waals surface area contributed by atoms with E-state index >= 15 is 0 Å². The molecule has 138 valence electrons. The van der Waals surface area contributed by atoms with E-state index in [0.29, 0.717) is 0 Å². The largest absolute Gasteiger partial charge is 0.278 e. The van der Waals surface area contributed by atoms with Gasteiger partial charge in [0.25, 0.3) is 0 Å². The Labute approximate surface area is 164 Å². The van der Waals surface area contributed by atoms with Crippen molar-refractivity contribution in [3.8, 4) is 22.6 Å². The average molecular weight is 378 g/mol. The minimum atomic E-state index is 0.825. The number of H-pyrrole nitrogens is 1. The summed E-state index contributed by atoms with van der Waals surface area (Å²) in [4.78, 5) is 4.20. The summed E-state index contributed by atoms with van der Waals surface area (Å²) in [5, 5.41) is 21.3. The fourth-order valence-electron chi connectivity index (χ4n) is 3.53. The van der Waals surface area contributed by atoms with Crippen LogP contribution in [0, 0.1) is 0 Å². The molecule has 0 fully saturated rings. The molecule has 8 heteroatoms. The minimum Gasteiger partial charge on any atom is -0.278 e. The first-order valence-electron chi connectivity index (χ1n) is 9.11. The molecular weight excluding hydrogens is 364 g/mol. The SMILES string of the molecule is c1cncc(-n2nccc2-c2ccc3nnn(-c4ccc5cn[nH]c5c4)c3c2)c1. The highest BCUT2D eigenvalue weighted by atomic mass is 15.4. The van der Waals surface area contributed by atoms with Crippen LogP contribution in [0.4, 0.5) is 0 Å². The molecule has 0 radical (unpaired) electrons. The zero-order valence-electron chi connectivity index (χ0n) is 15.1. The first-order chi connectivity index (χ1) is 14.4. The summed E-state index contributed by atoms with van der Waals surface area (Å²) in [6.07, 6.45) is 7.13. The predicted molar refractivity (Wildman–Crippen MR) is 109 cm³/mol. The van der Waals surface area contributed by atoms with Crippen LogP contribution >= 0.6 is 0 Å². The van der Waals surface area contributed by atoms with E-state index in [1.54, 1.807) is 24.8 Å². The number of pyridine rings is 1. The molecule has 0 aliphatic carbocycles. The maximum atomic E-state index is 4.47. The quantitative estimate of drug-likeness (QED) is 0.509. The highest BCUT2D eigenvalue weighted by Crippen LogP contribution is 2.27. The van der Waals surface area contributed by atoms with Crippen LogP contribution in [0.2, 0.25) is 0 Å². The first kappa shape index (κ1) is 15.7. The number of hydrogen-bond donors (Lipinski definition) is 1. The fourth-order valence-corrected chi connectivity index (χ4v) is 3.53.